The Hall–Kier alpha value is -1.55. The van der Waals surface area contributed by atoms with Crippen molar-refractivity contribution < 1.29 is 4.79 Å². The van der Waals surface area contributed by atoms with Crippen LogP contribution in [0.4, 0.5) is 5.69 Å². The van der Waals surface area contributed by atoms with E-state index in [4.69, 9.17) is 5.73 Å². The van der Waals surface area contributed by atoms with Crippen LogP contribution in [-0.4, -0.2) is 30.6 Å². The van der Waals surface area contributed by atoms with Gasteiger partial charge in [0.15, 0.2) is 0 Å². The maximum absolute atomic E-state index is 11.7. The highest BCUT2D eigenvalue weighted by molar-refractivity contribution is 5.84. The number of hydrogen-bond donors (Lipinski definition) is 2. The molecule has 4 nitrogen and oxygen atoms in total. The fourth-order valence-corrected chi connectivity index (χ4v) is 3.17. The van der Waals surface area contributed by atoms with E-state index in [2.05, 4.69) is 34.5 Å². The number of nitrogens with two attached hydrogens (primary N) is 1. The number of nitrogens with zero attached hydrogens (tertiary/aromatic N) is 1. The monoisotopic (exact) mass is 289 g/mol. The first-order chi connectivity index (χ1) is 9.92. The number of hydrogen-bond acceptors (Lipinski definition) is 3. The van der Waals surface area contributed by atoms with E-state index in [1.807, 2.05) is 20.8 Å². The van der Waals surface area contributed by atoms with Gasteiger partial charge < -0.3 is 16.0 Å². The number of amides is 1. The van der Waals surface area contributed by atoms with Crippen molar-refractivity contribution in [3.8, 4) is 0 Å². The van der Waals surface area contributed by atoms with E-state index in [9.17, 15) is 4.79 Å². The van der Waals surface area contributed by atoms with Crippen molar-refractivity contribution in [3.63, 3.8) is 0 Å². The molecule has 0 spiro atoms. The van der Waals surface area contributed by atoms with E-state index in [0.29, 0.717) is 0 Å². The maximum Gasteiger partial charge on any atom is 0.237 e. The number of nitrogens with one attached hydrogen (secondary N) is 1. The molecule has 1 atom stereocenters. The van der Waals surface area contributed by atoms with Crippen molar-refractivity contribution in [2.75, 3.05) is 18.0 Å². The molecule has 0 aromatic heterocycles. The fraction of sp³-hybridized carbons (Fsp3) is 0.588. The van der Waals surface area contributed by atoms with E-state index in [1.165, 1.54) is 11.3 Å². The molecule has 1 amide bonds. The highest BCUT2D eigenvalue weighted by Crippen LogP contribution is 2.28. The van der Waals surface area contributed by atoms with Crippen LogP contribution < -0.4 is 16.0 Å². The molecular weight excluding hydrogens is 262 g/mol. The van der Waals surface area contributed by atoms with Gasteiger partial charge in [-0.05, 0) is 51.7 Å². The lowest BCUT2D eigenvalue weighted by atomic mass is 9.93. The first-order valence-corrected chi connectivity index (χ1v) is 7.83. The predicted octanol–water partition coefficient (Wildman–Crippen LogP) is 2.07. The molecule has 0 aliphatic carbocycles. The molecule has 0 fully saturated rings. The number of fused-ring (bicyclic) bond motifs is 1. The van der Waals surface area contributed by atoms with Gasteiger partial charge in [0.05, 0.1) is 5.54 Å². The lowest BCUT2D eigenvalue weighted by Crippen LogP contribution is -2.55. The number of anilines is 1. The van der Waals surface area contributed by atoms with Crippen molar-refractivity contribution in [2.45, 2.75) is 51.6 Å². The second kappa shape index (κ2) is 6.48. The van der Waals surface area contributed by atoms with Gasteiger partial charge in [0, 0.05) is 24.8 Å². The van der Waals surface area contributed by atoms with Gasteiger partial charge in [-0.3, -0.25) is 4.79 Å². The molecule has 21 heavy (non-hydrogen) atoms. The molecule has 0 radical (unpaired) electrons. The third kappa shape index (κ3) is 3.76. The molecule has 1 heterocycles. The highest BCUT2D eigenvalue weighted by Gasteiger charge is 2.31. The van der Waals surface area contributed by atoms with Gasteiger partial charge >= 0.3 is 0 Å². The molecule has 4 heteroatoms. The van der Waals surface area contributed by atoms with Crippen molar-refractivity contribution in [2.24, 2.45) is 5.73 Å². The number of carbonyl (C=O) groups excluding carboxylic acids is 1. The van der Waals surface area contributed by atoms with E-state index < -0.39 is 5.54 Å². The van der Waals surface area contributed by atoms with Gasteiger partial charge in [0.2, 0.25) is 5.91 Å². The molecule has 0 saturated carbocycles. The summed E-state index contributed by atoms with van der Waals surface area (Å²) in [6, 6.07) is 8.81. The van der Waals surface area contributed by atoms with Gasteiger partial charge in [-0.1, -0.05) is 18.2 Å². The topological polar surface area (TPSA) is 58.4 Å². The molecule has 0 bridgehead atoms. The second-order valence-electron chi connectivity index (χ2n) is 6.46. The minimum absolute atomic E-state index is 0.245. The molecule has 1 aliphatic rings. The Morgan fingerprint density at radius 1 is 1.43 bits per heavy atom. The van der Waals surface area contributed by atoms with Crippen LogP contribution in [0.25, 0.3) is 0 Å². The largest absolute Gasteiger partial charge is 0.371 e. The molecule has 1 aliphatic heterocycles. The van der Waals surface area contributed by atoms with Crippen molar-refractivity contribution >= 4 is 11.6 Å². The number of rotatable bonds is 7. The van der Waals surface area contributed by atoms with Crippen LogP contribution in [0.3, 0.4) is 0 Å². The maximum atomic E-state index is 11.7. The summed E-state index contributed by atoms with van der Waals surface area (Å²) in [5.74, 6) is -0.266. The van der Waals surface area contributed by atoms with E-state index >= 15 is 0 Å². The third-order valence-corrected chi connectivity index (χ3v) is 4.24. The van der Waals surface area contributed by atoms with Crippen LogP contribution in [0.15, 0.2) is 24.3 Å². The zero-order valence-corrected chi connectivity index (χ0v) is 13.4. The number of primary amides is 1. The molecule has 1 unspecified atom stereocenters. The van der Waals surface area contributed by atoms with E-state index in [0.717, 1.165) is 32.4 Å². The lowest BCUT2D eigenvalue weighted by Gasteiger charge is -2.31. The Kier molecular flexibility index (Phi) is 4.88. The van der Waals surface area contributed by atoms with Crippen LogP contribution in [0.2, 0.25) is 0 Å². The van der Waals surface area contributed by atoms with Gasteiger partial charge in [-0.25, -0.2) is 0 Å². The summed E-state index contributed by atoms with van der Waals surface area (Å²) >= 11 is 0. The average Bonchev–Trinajstić information content (AvgIpc) is 2.81. The van der Waals surface area contributed by atoms with Gasteiger partial charge in [0.25, 0.3) is 0 Å². The Balaban J connectivity index is 1.90. The normalized spacial score (nSPS) is 16.9. The number of carbonyl (C=O) groups is 1. The highest BCUT2D eigenvalue weighted by atomic mass is 16.1. The zero-order valence-electron chi connectivity index (χ0n) is 13.4. The van der Waals surface area contributed by atoms with Crippen LogP contribution >= 0.6 is 0 Å². The SMILES string of the molecule is CC(C)NC(C)(CCCN1CCc2ccccc21)C(N)=O. The summed E-state index contributed by atoms with van der Waals surface area (Å²) < 4.78 is 0. The van der Waals surface area contributed by atoms with Crippen LogP contribution in [0, 0.1) is 0 Å². The van der Waals surface area contributed by atoms with Crippen molar-refractivity contribution in [3.05, 3.63) is 29.8 Å². The minimum atomic E-state index is -0.618. The summed E-state index contributed by atoms with van der Waals surface area (Å²) in [4.78, 5) is 14.1. The first kappa shape index (κ1) is 15.8. The molecule has 1 aromatic carbocycles. The van der Waals surface area contributed by atoms with Crippen molar-refractivity contribution in [1.29, 1.82) is 0 Å². The number of benzene rings is 1. The smallest absolute Gasteiger partial charge is 0.237 e. The summed E-state index contributed by atoms with van der Waals surface area (Å²) in [5, 5.41) is 3.31. The Bertz CT molecular complexity index is 501. The predicted molar refractivity (Wildman–Crippen MR) is 87.5 cm³/mol. The molecule has 116 valence electrons. The van der Waals surface area contributed by atoms with Gasteiger partial charge in [0.1, 0.15) is 0 Å². The fourth-order valence-electron chi connectivity index (χ4n) is 3.17. The molecule has 2 rings (SSSR count). The van der Waals surface area contributed by atoms with Crippen molar-refractivity contribution in [1.82, 2.24) is 5.32 Å². The quantitative estimate of drug-likeness (QED) is 0.808. The average molecular weight is 289 g/mol. The first-order valence-electron chi connectivity index (χ1n) is 7.83. The van der Waals surface area contributed by atoms with Crippen LogP contribution in [-0.2, 0) is 11.2 Å². The van der Waals surface area contributed by atoms with Gasteiger partial charge in [-0.2, -0.15) is 0 Å². The Morgan fingerprint density at radius 3 is 2.81 bits per heavy atom. The minimum Gasteiger partial charge on any atom is -0.371 e. The molecular formula is C17H27N3O. The van der Waals surface area contributed by atoms with E-state index in [1.54, 1.807) is 0 Å². The molecule has 1 aromatic rings. The van der Waals surface area contributed by atoms with E-state index in [-0.39, 0.29) is 11.9 Å². The lowest BCUT2D eigenvalue weighted by molar-refractivity contribution is -0.124. The third-order valence-electron chi connectivity index (χ3n) is 4.24. The molecule has 0 saturated heterocycles. The summed E-state index contributed by atoms with van der Waals surface area (Å²) in [6.45, 7) is 8.03. The van der Waals surface area contributed by atoms with Crippen LogP contribution in [0.5, 0.6) is 0 Å². The Morgan fingerprint density at radius 2 is 2.14 bits per heavy atom. The second-order valence-corrected chi connectivity index (χ2v) is 6.46. The standard InChI is InChI=1S/C17H27N3O/c1-13(2)19-17(3,16(18)21)10-6-11-20-12-9-14-7-4-5-8-15(14)20/h4-5,7-8,13,19H,6,9-12H2,1-3H3,(H2,18,21). The van der Waals surface area contributed by atoms with Crippen LogP contribution in [0.1, 0.15) is 39.2 Å². The summed E-state index contributed by atoms with van der Waals surface area (Å²) in [6.07, 6.45) is 2.83. The zero-order chi connectivity index (χ0) is 15.5. The summed E-state index contributed by atoms with van der Waals surface area (Å²) in [5.41, 5.74) is 7.73. The number of para-hydroxylation sites is 1. The summed E-state index contributed by atoms with van der Waals surface area (Å²) in [7, 11) is 0. The molecule has 3 N–H and O–H groups in total. The van der Waals surface area contributed by atoms with Gasteiger partial charge in [-0.15, -0.1) is 0 Å². The Labute approximate surface area is 127 Å².